The van der Waals surface area contributed by atoms with E-state index >= 15 is 0 Å². The third-order valence-electron chi connectivity index (χ3n) is 2.72. The summed E-state index contributed by atoms with van der Waals surface area (Å²) in [6, 6.07) is 7.71. The first kappa shape index (κ1) is 12.8. The van der Waals surface area contributed by atoms with Gasteiger partial charge in [-0.25, -0.2) is 9.97 Å². The molecule has 0 bridgehead atoms. The van der Waals surface area contributed by atoms with Crippen LogP contribution < -0.4 is 5.32 Å². The van der Waals surface area contributed by atoms with Gasteiger partial charge in [-0.1, -0.05) is 30.7 Å². The van der Waals surface area contributed by atoms with Gasteiger partial charge < -0.3 is 5.32 Å². The van der Waals surface area contributed by atoms with E-state index in [2.05, 4.69) is 22.2 Å². The summed E-state index contributed by atoms with van der Waals surface area (Å²) in [5.74, 6) is 0.891. The lowest BCUT2D eigenvalue weighted by Crippen LogP contribution is -2.05. The molecule has 0 spiro atoms. The Morgan fingerprint density at radius 1 is 1.28 bits per heavy atom. The number of halogens is 1. The first-order chi connectivity index (χ1) is 8.72. The first-order valence-corrected chi connectivity index (χ1v) is 6.41. The quantitative estimate of drug-likeness (QED) is 0.906. The average Bonchev–Trinajstić information content (AvgIpc) is 2.37. The Morgan fingerprint density at radius 3 is 2.83 bits per heavy atom. The number of anilines is 1. The van der Waals surface area contributed by atoms with Crippen molar-refractivity contribution in [3.63, 3.8) is 0 Å². The molecular weight excluding hydrogens is 246 g/mol. The predicted molar refractivity (Wildman–Crippen MR) is 76.0 cm³/mol. The second kappa shape index (κ2) is 5.83. The van der Waals surface area contributed by atoms with Crippen LogP contribution in [0.2, 0.25) is 5.02 Å². The summed E-state index contributed by atoms with van der Waals surface area (Å²) in [6.07, 6.45) is 2.65. The molecule has 0 fully saturated rings. The molecule has 0 aliphatic carbocycles. The molecule has 94 valence electrons. The number of hydrogen-bond acceptors (Lipinski definition) is 3. The van der Waals surface area contributed by atoms with Crippen LogP contribution in [0.4, 0.5) is 5.82 Å². The molecule has 4 heteroatoms. The zero-order valence-corrected chi connectivity index (χ0v) is 11.3. The maximum atomic E-state index is 6.01. The van der Waals surface area contributed by atoms with Crippen LogP contribution in [0.5, 0.6) is 0 Å². The van der Waals surface area contributed by atoms with E-state index in [1.807, 2.05) is 31.2 Å². The van der Waals surface area contributed by atoms with Gasteiger partial charge in [0.05, 0.1) is 5.69 Å². The topological polar surface area (TPSA) is 37.8 Å². The van der Waals surface area contributed by atoms with Gasteiger partial charge in [-0.15, -0.1) is 0 Å². The fourth-order valence-corrected chi connectivity index (χ4v) is 1.99. The molecule has 0 saturated heterocycles. The molecule has 0 amide bonds. The Balaban J connectivity index is 2.39. The number of nitrogens with zero attached hydrogens (tertiary/aromatic N) is 2. The molecular formula is C14H16ClN3. The van der Waals surface area contributed by atoms with Gasteiger partial charge in [0.15, 0.2) is 0 Å². The largest absolute Gasteiger partial charge is 0.370 e. The molecule has 0 atom stereocenters. The highest BCUT2D eigenvalue weighted by atomic mass is 35.5. The third kappa shape index (κ3) is 2.79. The van der Waals surface area contributed by atoms with Gasteiger partial charge in [0, 0.05) is 22.7 Å². The van der Waals surface area contributed by atoms with E-state index < -0.39 is 0 Å². The van der Waals surface area contributed by atoms with Crippen LogP contribution in [0.25, 0.3) is 11.3 Å². The van der Waals surface area contributed by atoms with Crippen LogP contribution in [0.1, 0.15) is 18.9 Å². The van der Waals surface area contributed by atoms with Crippen molar-refractivity contribution in [3.8, 4) is 11.3 Å². The number of hydrogen-bond donors (Lipinski definition) is 1. The number of rotatable bonds is 4. The van der Waals surface area contributed by atoms with Crippen LogP contribution in [0.15, 0.2) is 30.6 Å². The second-order valence-corrected chi connectivity index (χ2v) is 4.57. The van der Waals surface area contributed by atoms with Crippen molar-refractivity contribution < 1.29 is 0 Å². The van der Waals surface area contributed by atoms with Gasteiger partial charge in [-0.05, 0) is 25.5 Å². The summed E-state index contributed by atoms with van der Waals surface area (Å²) in [5, 5.41) is 4.02. The molecule has 1 aromatic carbocycles. The normalized spacial score (nSPS) is 10.4. The van der Waals surface area contributed by atoms with Crippen molar-refractivity contribution in [2.75, 3.05) is 11.9 Å². The zero-order valence-electron chi connectivity index (χ0n) is 10.6. The van der Waals surface area contributed by atoms with Gasteiger partial charge in [-0.2, -0.15) is 0 Å². The number of benzene rings is 1. The van der Waals surface area contributed by atoms with Crippen molar-refractivity contribution in [2.24, 2.45) is 0 Å². The predicted octanol–water partition coefficient (Wildman–Crippen LogP) is 3.93. The minimum Gasteiger partial charge on any atom is -0.370 e. The maximum Gasteiger partial charge on any atom is 0.132 e. The van der Waals surface area contributed by atoms with Crippen molar-refractivity contribution in [3.05, 3.63) is 41.2 Å². The van der Waals surface area contributed by atoms with Crippen molar-refractivity contribution in [1.29, 1.82) is 0 Å². The summed E-state index contributed by atoms with van der Waals surface area (Å²) < 4.78 is 0. The van der Waals surface area contributed by atoms with Crippen LogP contribution in [-0.2, 0) is 0 Å². The zero-order chi connectivity index (χ0) is 13.0. The van der Waals surface area contributed by atoms with Gasteiger partial charge in [0.25, 0.3) is 0 Å². The molecule has 18 heavy (non-hydrogen) atoms. The third-order valence-corrected chi connectivity index (χ3v) is 2.96. The fraction of sp³-hybridized carbons (Fsp3) is 0.286. The molecule has 3 nitrogen and oxygen atoms in total. The van der Waals surface area contributed by atoms with Crippen LogP contribution in [-0.4, -0.2) is 16.5 Å². The summed E-state index contributed by atoms with van der Waals surface area (Å²) in [6.45, 7) is 5.06. The Morgan fingerprint density at radius 2 is 2.11 bits per heavy atom. The number of nitrogens with one attached hydrogen (secondary N) is 1. The molecule has 0 saturated carbocycles. The average molecular weight is 262 g/mol. The minimum atomic E-state index is 0.716. The second-order valence-electron chi connectivity index (χ2n) is 4.13. The highest BCUT2D eigenvalue weighted by molar-refractivity contribution is 6.30. The van der Waals surface area contributed by atoms with Crippen LogP contribution >= 0.6 is 11.6 Å². The molecule has 1 aromatic heterocycles. The Kier molecular flexibility index (Phi) is 4.15. The SMILES string of the molecule is CCCNc1ncnc(-c2cccc(Cl)c2)c1C. The lowest BCUT2D eigenvalue weighted by atomic mass is 10.1. The fourth-order valence-electron chi connectivity index (χ4n) is 1.80. The van der Waals surface area contributed by atoms with E-state index in [4.69, 9.17) is 11.6 Å². The Bertz CT molecular complexity index is 540. The van der Waals surface area contributed by atoms with E-state index in [0.717, 1.165) is 35.6 Å². The highest BCUT2D eigenvalue weighted by Crippen LogP contribution is 2.26. The monoisotopic (exact) mass is 261 g/mol. The van der Waals surface area contributed by atoms with Gasteiger partial charge in [0.1, 0.15) is 12.1 Å². The molecule has 0 aliphatic heterocycles. The lowest BCUT2D eigenvalue weighted by molar-refractivity contribution is 0.960. The highest BCUT2D eigenvalue weighted by Gasteiger charge is 2.08. The molecule has 2 rings (SSSR count). The number of aromatic nitrogens is 2. The van der Waals surface area contributed by atoms with E-state index in [9.17, 15) is 0 Å². The lowest BCUT2D eigenvalue weighted by Gasteiger charge is -2.11. The standard InChI is InChI=1S/C14H16ClN3/c1-3-7-16-14-10(2)13(17-9-18-14)11-5-4-6-12(15)8-11/h4-6,8-9H,3,7H2,1-2H3,(H,16,17,18). The minimum absolute atomic E-state index is 0.716. The first-order valence-electron chi connectivity index (χ1n) is 6.03. The summed E-state index contributed by atoms with van der Waals surface area (Å²) in [4.78, 5) is 8.62. The van der Waals surface area contributed by atoms with Crippen molar-refractivity contribution in [2.45, 2.75) is 20.3 Å². The molecule has 1 N–H and O–H groups in total. The summed E-state index contributed by atoms with van der Waals surface area (Å²) in [7, 11) is 0. The summed E-state index contributed by atoms with van der Waals surface area (Å²) in [5.41, 5.74) is 2.99. The Hall–Kier alpha value is -1.61. The van der Waals surface area contributed by atoms with E-state index in [1.165, 1.54) is 0 Å². The smallest absolute Gasteiger partial charge is 0.132 e. The van der Waals surface area contributed by atoms with Crippen molar-refractivity contribution >= 4 is 17.4 Å². The molecule has 1 heterocycles. The maximum absolute atomic E-state index is 6.01. The summed E-state index contributed by atoms with van der Waals surface area (Å²) >= 11 is 6.01. The van der Waals surface area contributed by atoms with Gasteiger partial charge >= 0.3 is 0 Å². The molecule has 2 aromatic rings. The Labute approximate surface area is 112 Å². The van der Waals surface area contributed by atoms with Gasteiger partial charge in [0.2, 0.25) is 0 Å². The van der Waals surface area contributed by atoms with Crippen LogP contribution in [0.3, 0.4) is 0 Å². The van der Waals surface area contributed by atoms with E-state index in [1.54, 1.807) is 6.33 Å². The van der Waals surface area contributed by atoms with E-state index in [0.29, 0.717) is 5.02 Å². The molecule has 0 radical (unpaired) electrons. The molecule has 0 aliphatic rings. The van der Waals surface area contributed by atoms with E-state index in [-0.39, 0.29) is 0 Å². The van der Waals surface area contributed by atoms with Gasteiger partial charge in [-0.3, -0.25) is 0 Å². The van der Waals surface area contributed by atoms with Crippen molar-refractivity contribution in [1.82, 2.24) is 9.97 Å². The molecule has 0 unspecified atom stereocenters. The van der Waals surface area contributed by atoms with Crippen LogP contribution in [0, 0.1) is 6.92 Å².